The Bertz CT molecular complexity index is 379. The summed E-state index contributed by atoms with van der Waals surface area (Å²) in [5.41, 5.74) is 0.926. The molecule has 1 unspecified atom stereocenters. The lowest BCUT2D eigenvalue weighted by atomic mass is 10.1. The van der Waals surface area contributed by atoms with Gasteiger partial charge in [-0.15, -0.1) is 0 Å². The first kappa shape index (κ1) is 14.1. The number of hydrogen-bond donors (Lipinski definition) is 1. The molecule has 0 aliphatic carbocycles. The monoisotopic (exact) mass is 253 g/mol. The van der Waals surface area contributed by atoms with Crippen LogP contribution < -0.4 is 4.72 Å². The molecule has 1 aromatic rings. The summed E-state index contributed by atoms with van der Waals surface area (Å²) in [6, 6.07) is 7.36. The summed E-state index contributed by atoms with van der Waals surface area (Å²) in [6.07, 6.45) is 1.24. The summed E-state index contributed by atoms with van der Waals surface area (Å²) in [6.45, 7) is 6.00. The smallest absolute Gasteiger partial charge is 0.261 e. The highest BCUT2D eigenvalue weighted by Gasteiger charge is 2.17. The number of benzene rings is 1. The maximum atomic E-state index is 11.9. The number of aryl methyl sites for hydroxylation is 1. The van der Waals surface area contributed by atoms with E-state index >= 15 is 0 Å². The van der Waals surface area contributed by atoms with Gasteiger partial charge in [-0.05, 0) is 25.3 Å². The Morgan fingerprint density at radius 3 is 2.65 bits per heavy atom. The van der Waals surface area contributed by atoms with Crippen LogP contribution >= 0.6 is 0 Å². The van der Waals surface area contributed by atoms with Gasteiger partial charge in [0, 0.05) is 12.0 Å². The second-order valence-electron chi connectivity index (χ2n) is 4.49. The molecule has 1 rings (SSSR count). The van der Waals surface area contributed by atoms with Crippen molar-refractivity contribution in [1.82, 2.24) is 4.72 Å². The fourth-order valence-electron chi connectivity index (χ4n) is 1.39. The first-order valence-electron chi connectivity index (χ1n) is 5.77. The third-order valence-electron chi connectivity index (χ3n) is 2.45. The van der Waals surface area contributed by atoms with E-state index in [-0.39, 0.29) is 5.91 Å². The summed E-state index contributed by atoms with van der Waals surface area (Å²) < 4.78 is 14.4. The molecule has 4 heteroatoms. The second kappa shape index (κ2) is 6.67. The van der Waals surface area contributed by atoms with Crippen molar-refractivity contribution in [1.29, 1.82) is 0 Å². The molecule has 17 heavy (non-hydrogen) atoms. The minimum atomic E-state index is -1.44. The molecule has 1 N–H and O–H groups in total. The standard InChI is InChI=1S/C13H19NO2S/c1-10(2)8-9-13(15)14-17(16)12-7-5-4-6-11(12)3/h4-7,10H,8-9H2,1-3H3,(H,14,15). The van der Waals surface area contributed by atoms with Crippen LogP contribution in [0, 0.1) is 12.8 Å². The predicted octanol–water partition coefficient (Wildman–Crippen LogP) is 2.57. The lowest BCUT2D eigenvalue weighted by molar-refractivity contribution is -0.119. The third kappa shape index (κ3) is 4.79. The van der Waals surface area contributed by atoms with Crippen LogP contribution in [0.25, 0.3) is 0 Å². The minimum Gasteiger partial charge on any atom is -0.588 e. The summed E-state index contributed by atoms with van der Waals surface area (Å²) in [4.78, 5) is 12.2. The number of rotatable bonds is 5. The normalized spacial score (nSPS) is 12.5. The van der Waals surface area contributed by atoms with Gasteiger partial charge in [-0.1, -0.05) is 32.0 Å². The van der Waals surface area contributed by atoms with Crippen molar-refractivity contribution in [3.05, 3.63) is 29.8 Å². The predicted molar refractivity (Wildman–Crippen MR) is 69.8 cm³/mol. The average Bonchev–Trinajstić information content (AvgIpc) is 2.26. The zero-order valence-corrected chi connectivity index (χ0v) is 11.3. The van der Waals surface area contributed by atoms with Gasteiger partial charge >= 0.3 is 0 Å². The average molecular weight is 253 g/mol. The molecule has 1 aromatic carbocycles. The van der Waals surface area contributed by atoms with E-state index in [0.717, 1.165) is 12.0 Å². The lowest BCUT2D eigenvalue weighted by Gasteiger charge is -2.12. The summed E-state index contributed by atoms with van der Waals surface area (Å²) >= 11 is -1.44. The largest absolute Gasteiger partial charge is 0.588 e. The molecular weight excluding hydrogens is 234 g/mol. The molecule has 0 radical (unpaired) electrons. The van der Waals surface area contributed by atoms with E-state index in [1.165, 1.54) is 0 Å². The van der Waals surface area contributed by atoms with Crippen LogP contribution in [0.15, 0.2) is 29.2 Å². The number of carbonyl (C=O) groups excluding carboxylic acids is 1. The maximum Gasteiger partial charge on any atom is 0.261 e. The Morgan fingerprint density at radius 1 is 1.41 bits per heavy atom. The van der Waals surface area contributed by atoms with Gasteiger partial charge < -0.3 is 4.55 Å². The molecule has 0 fully saturated rings. The van der Waals surface area contributed by atoms with Crippen LogP contribution in [0.4, 0.5) is 0 Å². The van der Waals surface area contributed by atoms with Gasteiger partial charge in [-0.25, -0.2) is 0 Å². The third-order valence-corrected chi connectivity index (χ3v) is 3.72. The summed E-state index contributed by atoms with van der Waals surface area (Å²) in [5, 5.41) is 0. The molecule has 0 saturated carbocycles. The first-order valence-corrected chi connectivity index (χ1v) is 6.92. The fourth-order valence-corrected chi connectivity index (χ4v) is 2.38. The highest BCUT2D eigenvalue weighted by Crippen LogP contribution is 2.14. The Balaban J connectivity index is 2.52. The number of carbonyl (C=O) groups is 1. The van der Waals surface area contributed by atoms with Gasteiger partial charge in [0.25, 0.3) is 5.91 Å². The van der Waals surface area contributed by atoms with Crippen LogP contribution in [0.3, 0.4) is 0 Å². The molecule has 94 valence electrons. The van der Waals surface area contributed by atoms with Crippen molar-refractivity contribution in [2.75, 3.05) is 0 Å². The van der Waals surface area contributed by atoms with Crippen molar-refractivity contribution in [3.63, 3.8) is 0 Å². The SMILES string of the molecule is Cc1ccccc1[S+]([O-])NC(=O)CCC(C)C. The van der Waals surface area contributed by atoms with Crippen LogP contribution in [-0.2, 0) is 16.2 Å². The van der Waals surface area contributed by atoms with Crippen molar-refractivity contribution in [2.24, 2.45) is 5.92 Å². The molecule has 0 heterocycles. The molecule has 1 atom stereocenters. The van der Waals surface area contributed by atoms with Gasteiger partial charge in [0.05, 0.1) is 0 Å². The minimum absolute atomic E-state index is 0.153. The van der Waals surface area contributed by atoms with Crippen molar-refractivity contribution in [2.45, 2.75) is 38.5 Å². The van der Waals surface area contributed by atoms with E-state index in [1.54, 1.807) is 6.07 Å². The highest BCUT2D eigenvalue weighted by atomic mass is 32.2. The van der Waals surface area contributed by atoms with Crippen LogP contribution in [0.1, 0.15) is 32.3 Å². The first-order chi connectivity index (χ1) is 8.00. The van der Waals surface area contributed by atoms with Gasteiger partial charge in [-0.2, -0.15) is 4.72 Å². The highest BCUT2D eigenvalue weighted by molar-refractivity contribution is 7.90. The van der Waals surface area contributed by atoms with E-state index in [0.29, 0.717) is 17.2 Å². The van der Waals surface area contributed by atoms with Crippen LogP contribution in [-0.4, -0.2) is 10.5 Å². The number of hydrogen-bond acceptors (Lipinski definition) is 2. The Labute approximate surface area is 106 Å². The molecule has 1 amide bonds. The van der Waals surface area contributed by atoms with E-state index in [2.05, 4.69) is 18.6 Å². The second-order valence-corrected chi connectivity index (χ2v) is 5.67. The maximum absolute atomic E-state index is 11.9. The lowest BCUT2D eigenvalue weighted by Crippen LogP contribution is -2.31. The van der Waals surface area contributed by atoms with Crippen LogP contribution in [0.2, 0.25) is 0 Å². The molecular formula is C13H19NO2S. The van der Waals surface area contributed by atoms with Crippen molar-refractivity contribution < 1.29 is 9.35 Å². The van der Waals surface area contributed by atoms with Gasteiger partial charge in [0.15, 0.2) is 4.90 Å². The molecule has 0 aliphatic heterocycles. The number of amides is 1. The topological polar surface area (TPSA) is 52.2 Å². The molecule has 0 saturated heterocycles. The molecule has 0 bridgehead atoms. The molecule has 0 aromatic heterocycles. The quantitative estimate of drug-likeness (QED) is 0.820. The zero-order chi connectivity index (χ0) is 12.8. The van der Waals surface area contributed by atoms with E-state index in [1.807, 2.05) is 25.1 Å². The fraction of sp³-hybridized carbons (Fsp3) is 0.462. The Kier molecular flexibility index (Phi) is 5.51. The van der Waals surface area contributed by atoms with E-state index in [9.17, 15) is 9.35 Å². The van der Waals surface area contributed by atoms with E-state index < -0.39 is 11.4 Å². The van der Waals surface area contributed by atoms with Gasteiger partial charge in [0.2, 0.25) is 0 Å². The van der Waals surface area contributed by atoms with Crippen LogP contribution in [0.5, 0.6) is 0 Å². The molecule has 0 aliphatic rings. The Hall–Kier alpha value is -1.00. The summed E-state index contributed by atoms with van der Waals surface area (Å²) in [7, 11) is 0. The van der Waals surface area contributed by atoms with Crippen molar-refractivity contribution in [3.8, 4) is 0 Å². The van der Waals surface area contributed by atoms with Crippen molar-refractivity contribution >= 4 is 17.3 Å². The molecule has 3 nitrogen and oxygen atoms in total. The molecule has 0 spiro atoms. The Morgan fingerprint density at radius 2 is 2.06 bits per heavy atom. The number of nitrogens with one attached hydrogen (secondary N) is 1. The zero-order valence-electron chi connectivity index (χ0n) is 10.5. The summed E-state index contributed by atoms with van der Waals surface area (Å²) in [5.74, 6) is 0.327. The van der Waals surface area contributed by atoms with E-state index in [4.69, 9.17) is 0 Å². The van der Waals surface area contributed by atoms with Gasteiger partial charge in [0.1, 0.15) is 11.4 Å². The van der Waals surface area contributed by atoms with Gasteiger partial charge in [-0.3, -0.25) is 4.79 Å².